The number of carbonyl (C=O) groups is 1. The Hall–Kier alpha value is -2.46. The van der Waals surface area contributed by atoms with Gasteiger partial charge in [0.2, 0.25) is 0 Å². The summed E-state index contributed by atoms with van der Waals surface area (Å²) in [6, 6.07) is 16.0. The molecular formula is C20H22FN2O+. The predicted octanol–water partition coefficient (Wildman–Crippen LogP) is 1.88. The molecule has 3 rings (SSSR count). The van der Waals surface area contributed by atoms with Crippen LogP contribution in [0.1, 0.15) is 15.9 Å². The van der Waals surface area contributed by atoms with Crippen LogP contribution in [0.4, 0.5) is 4.39 Å². The van der Waals surface area contributed by atoms with Crippen LogP contribution in [0, 0.1) is 5.82 Å². The third-order valence-corrected chi connectivity index (χ3v) is 4.37. The number of halogens is 1. The number of amides is 1. The van der Waals surface area contributed by atoms with Gasteiger partial charge in [0.05, 0.1) is 32.7 Å². The van der Waals surface area contributed by atoms with Gasteiger partial charge in [-0.15, -0.1) is 0 Å². The van der Waals surface area contributed by atoms with Crippen LogP contribution >= 0.6 is 0 Å². The molecule has 1 saturated heterocycles. The Bertz CT molecular complexity index is 689. The summed E-state index contributed by atoms with van der Waals surface area (Å²) >= 11 is 0. The maximum Gasteiger partial charge on any atom is 0.254 e. The van der Waals surface area contributed by atoms with Crippen LogP contribution in [0.3, 0.4) is 0 Å². The van der Waals surface area contributed by atoms with Crippen molar-refractivity contribution in [3.63, 3.8) is 0 Å². The Kier molecular flexibility index (Phi) is 5.39. The first-order valence-corrected chi connectivity index (χ1v) is 8.32. The number of nitrogens with one attached hydrogen (secondary N) is 1. The van der Waals surface area contributed by atoms with E-state index in [9.17, 15) is 9.18 Å². The van der Waals surface area contributed by atoms with E-state index in [1.54, 1.807) is 12.1 Å². The second-order valence-corrected chi connectivity index (χ2v) is 6.07. The van der Waals surface area contributed by atoms with E-state index < -0.39 is 0 Å². The Morgan fingerprint density at radius 1 is 1.04 bits per heavy atom. The molecule has 2 aromatic rings. The molecular weight excluding hydrogens is 303 g/mol. The Balaban J connectivity index is 1.48. The highest BCUT2D eigenvalue weighted by atomic mass is 19.1. The molecule has 0 unspecified atom stereocenters. The second kappa shape index (κ2) is 7.88. The topological polar surface area (TPSA) is 24.8 Å². The van der Waals surface area contributed by atoms with E-state index in [0.29, 0.717) is 5.56 Å². The fourth-order valence-corrected chi connectivity index (χ4v) is 2.93. The average molecular weight is 325 g/mol. The largest absolute Gasteiger partial charge is 0.329 e. The summed E-state index contributed by atoms with van der Waals surface area (Å²) in [5.74, 6) is -0.320. The Morgan fingerprint density at radius 3 is 2.38 bits per heavy atom. The van der Waals surface area contributed by atoms with E-state index in [4.69, 9.17) is 0 Å². The van der Waals surface area contributed by atoms with Gasteiger partial charge in [-0.05, 0) is 35.9 Å². The molecule has 0 radical (unpaired) electrons. The Morgan fingerprint density at radius 2 is 1.71 bits per heavy atom. The van der Waals surface area contributed by atoms with E-state index in [2.05, 4.69) is 24.3 Å². The third-order valence-electron chi connectivity index (χ3n) is 4.37. The number of hydrogen-bond donors (Lipinski definition) is 1. The number of nitrogens with zero attached hydrogens (tertiary/aromatic N) is 1. The standard InChI is InChI=1S/C20H21FN2O/c21-19-10-8-18(9-11-19)20(24)23-15-13-22(14-16-23)12-4-7-17-5-2-1-3-6-17/h1-11H,12-16H2/p+1. The summed E-state index contributed by atoms with van der Waals surface area (Å²) in [6.07, 6.45) is 4.34. The van der Waals surface area contributed by atoms with Crippen molar-refractivity contribution < 1.29 is 14.1 Å². The van der Waals surface area contributed by atoms with Crippen molar-refractivity contribution in [2.45, 2.75) is 0 Å². The summed E-state index contributed by atoms with van der Waals surface area (Å²) < 4.78 is 12.9. The van der Waals surface area contributed by atoms with Crippen LogP contribution in [0.25, 0.3) is 6.08 Å². The van der Waals surface area contributed by atoms with Gasteiger partial charge in [0.15, 0.2) is 0 Å². The summed E-state index contributed by atoms with van der Waals surface area (Å²) in [5.41, 5.74) is 1.77. The van der Waals surface area contributed by atoms with Crippen molar-refractivity contribution in [3.8, 4) is 0 Å². The van der Waals surface area contributed by atoms with Gasteiger partial charge in [-0.2, -0.15) is 0 Å². The lowest BCUT2D eigenvalue weighted by molar-refractivity contribution is -0.898. The highest BCUT2D eigenvalue weighted by Crippen LogP contribution is 2.07. The second-order valence-electron chi connectivity index (χ2n) is 6.07. The van der Waals surface area contributed by atoms with E-state index in [1.807, 2.05) is 23.1 Å². The zero-order valence-corrected chi connectivity index (χ0v) is 13.6. The SMILES string of the molecule is O=C(c1ccc(F)cc1)N1CC[NH+](CC=Cc2ccccc2)CC1. The van der Waals surface area contributed by atoms with Gasteiger partial charge in [0.1, 0.15) is 5.82 Å². The lowest BCUT2D eigenvalue weighted by Gasteiger charge is -2.31. The first-order valence-electron chi connectivity index (χ1n) is 8.32. The van der Waals surface area contributed by atoms with Gasteiger partial charge in [-0.1, -0.05) is 36.4 Å². The molecule has 3 nitrogen and oxygen atoms in total. The van der Waals surface area contributed by atoms with Crippen molar-refractivity contribution in [1.82, 2.24) is 4.90 Å². The van der Waals surface area contributed by atoms with E-state index in [-0.39, 0.29) is 11.7 Å². The van der Waals surface area contributed by atoms with Crippen molar-refractivity contribution in [2.24, 2.45) is 0 Å². The molecule has 0 aliphatic carbocycles. The molecule has 0 spiro atoms. The smallest absolute Gasteiger partial charge is 0.254 e. The molecule has 0 bridgehead atoms. The van der Waals surface area contributed by atoms with E-state index >= 15 is 0 Å². The summed E-state index contributed by atoms with van der Waals surface area (Å²) in [7, 11) is 0. The number of piperazine rings is 1. The van der Waals surface area contributed by atoms with Crippen LogP contribution < -0.4 is 4.90 Å². The van der Waals surface area contributed by atoms with E-state index in [1.165, 1.54) is 22.6 Å². The van der Waals surface area contributed by atoms with E-state index in [0.717, 1.165) is 32.7 Å². The lowest BCUT2D eigenvalue weighted by atomic mass is 10.1. The third kappa shape index (κ3) is 4.30. The summed E-state index contributed by atoms with van der Waals surface area (Å²) in [5, 5.41) is 0. The molecule has 0 saturated carbocycles. The number of benzene rings is 2. The van der Waals surface area contributed by atoms with Crippen LogP contribution in [0.15, 0.2) is 60.7 Å². The molecule has 4 heteroatoms. The van der Waals surface area contributed by atoms with Crippen LogP contribution in [-0.2, 0) is 0 Å². The molecule has 1 heterocycles. The van der Waals surface area contributed by atoms with Gasteiger partial charge >= 0.3 is 0 Å². The van der Waals surface area contributed by atoms with Gasteiger partial charge in [-0.25, -0.2) is 4.39 Å². The van der Waals surface area contributed by atoms with Crippen molar-refractivity contribution >= 4 is 12.0 Å². The molecule has 1 fully saturated rings. The minimum Gasteiger partial charge on any atom is -0.329 e. The van der Waals surface area contributed by atoms with Crippen LogP contribution in [-0.4, -0.2) is 43.5 Å². The molecule has 24 heavy (non-hydrogen) atoms. The fourth-order valence-electron chi connectivity index (χ4n) is 2.93. The van der Waals surface area contributed by atoms with Crippen molar-refractivity contribution in [2.75, 3.05) is 32.7 Å². The van der Waals surface area contributed by atoms with Gasteiger partial charge < -0.3 is 9.80 Å². The van der Waals surface area contributed by atoms with Crippen LogP contribution in [0.5, 0.6) is 0 Å². The highest BCUT2D eigenvalue weighted by molar-refractivity contribution is 5.94. The predicted molar refractivity (Wildman–Crippen MR) is 93.3 cm³/mol. The molecule has 0 atom stereocenters. The summed E-state index contributed by atoms with van der Waals surface area (Å²) in [4.78, 5) is 15.7. The first kappa shape index (κ1) is 16.4. The van der Waals surface area contributed by atoms with Crippen LogP contribution in [0.2, 0.25) is 0 Å². The zero-order valence-electron chi connectivity index (χ0n) is 13.6. The molecule has 124 valence electrons. The first-order chi connectivity index (χ1) is 11.7. The normalized spacial score (nSPS) is 15.8. The van der Waals surface area contributed by atoms with Gasteiger partial charge in [0.25, 0.3) is 5.91 Å². The zero-order chi connectivity index (χ0) is 16.8. The molecule has 1 aliphatic heterocycles. The maximum atomic E-state index is 12.9. The van der Waals surface area contributed by atoms with Crippen molar-refractivity contribution in [3.05, 3.63) is 77.6 Å². The molecule has 1 aliphatic rings. The average Bonchev–Trinajstić information content (AvgIpc) is 2.63. The minimum absolute atomic E-state index is 0.00567. The number of quaternary nitrogens is 1. The maximum absolute atomic E-state index is 12.9. The molecule has 1 amide bonds. The van der Waals surface area contributed by atoms with Crippen molar-refractivity contribution in [1.29, 1.82) is 0 Å². The Labute approximate surface area is 142 Å². The number of rotatable bonds is 4. The van der Waals surface area contributed by atoms with Gasteiger partial charge in [0, 0.05) is 5.56 Å². The minimum atomic E-state index is -0.314. The number of carbonyl (C=O) groups excluding carboxylic acids is 1. The molecule has 2 aromatic carbocycles. The van der Waals surface area contributed by atoms with Gasteiger partial charge in [-0.3, -0.25) is 4.79 Å². The fraction of sp³-hybridized carbons (Fsp3) is 0.250. The lowest BCUT2D eigenvalue weighted by Crippen LogP contribution is -3.14. The monoisotopic (exact) mass is 325 g/mol. The number of hydrogen-bond acceptors (Lipinski definition) is 1. The quantitative estimate of drug-likeness (QED) is 0.912. The summed E-state index contributed by atoms with van der Waals surface area (Å²) in [6.45, 7) is 4.32. The molecule has 1 N–H and O–H groups in total. The molecule has 0 aromatic heterocycles. The highest BCUT2D eigenvalue weighted by Gasteiger charge is 2.23.